The zero-order chi connectivity index (χ0) is 11.5. The first-order valence-corrected chi connectivity index (χ1v) is 5.76. The van der Waals surface area contributed by atoms with Crippen LogP contribution in [0, 0.1) is 0 Å². The Morgan fingerprint density at radius 2 is 2.27 bits per heavy atom. The van der Waals surface area contributed by atoms with Crippen molar-refractivity contribution in [1.82, 2.24) is 4.98 Å². The number of nitrogens with one attached hydrogen (secondary N) is 1. The minimum Gasteiger partial charge on any atom is -0.480 e. The highest BCUT2D eigenvalue weighted by Crippen LogP contribution is 2.12. The maximum Gasteiger partial charge on any atom is 0.320 e. The second-order valence-corrected chi connectivity index (χ2v) is 4.77. The maximum atomic E-state index is 11.1. The zero-order valence-electron chi connectivity index (χ0n) is 7.34. The number of nitrogens with zero attached hydrogens (tertiary/aromatic N) is 1. The van der Waals surface area contributed by atoms with Crippen LogP contribution < -0.4 is 4.72 Å². The van der Waals surface area contributed by atoms with Crippen LogP contribution in [0.25, 0.3) is 0 Å². The molecule has 0 aromatic carbocycles. The molecule has 0 saturated heterocycles. The molecule has 6 nitrogen and oxygen atoms in total. The van der Waals surface area contributed by atoms with Crippen LogP contribution >= 0.6 is 11.6 Å². The van der Waals surface area contributed by atoms with Gasteiger partial charge in [0.25, 0.3) is 0 Å². The fourth-order valence-electron chi connectivity index (χ4n) is 0.819. The molecule has 0 fully saturated rings. The number of aliphatic carboxylic acids is 1. The lowest BCUT2D eigenvalue weighted by atomic mass is 10.5. The number of aromatic nitrogens is 1. The van der Waals surface area contributed by atoms with E-state index < -0.39 is 21.7 Å². The lowest BCUT2D eigenvalue weighted by Crippen LogP contribution is -2.22. The summed E-state index contributed by atoms with van der Waals surface area (Å²) in [6, 6.07) is 2.75. The molecule has 15 heavy (non-hydrogen) atoms. The lowest BCUT2D eigenvalue weighted by Gasteiger charge is -2.04. The average Bonchev–Trinajstić information content (AvgIpc) is 1.99. The fourth-order valence-corrected chi connectivity index (χ4v) is 1.81. The molecular weight excluding hydrogens is 244 g/mol. The van der Waals surface area contributed by atoms with E-state index in [1.54, 1.807) is 0 Å². The lowest BCUT2D eigenvalue weighted by molar-refractivity contribution is -0.134. The molecule has 0 aliphatic carbocycles. The highest BCUT2D eigenvalue weighted by atomic mass is 35.5. The normalized spacial score (nSPS) is 11.0. The van der Waals surface area contributed by atoms with Crippen LogP contribution in [0.2, 0.25) is 5.02 Å². The molecule has 0 radical (unpaired) electrons. The van der Waals surface area contributed by atoms with E-state index in [2.05, 4.69) is 4.98 Å². The van der Waals surface area contributed by atoms with Crippen molar-refractivity contribution in [2.24, 2.45) is 0 Å². The van der Waals surface area contributed by atoms with Crippen molar-refractivity contribution in [3.8, 4) is 0 Å². The van der Waals surface area contributed by atoms with E-state index in [1.807, 2.05) is 4.72 Å². The van der Waals surface area contributed by atoms with Gasteiger partial charge >= 0.3 is 5.97 Å². The minimum atomic E-state index is -3.92. The standard InChI is InChI=1S/C7H7ClN2O4S/c8-5-1-2-9-6(3-5)10-15(13,14)4-7(11)12/h1-3H,4H2,(H,9,10)(H,11,12). The summed E-state index contributed by atoms with van der Waals surface area (Å²) in [5.41, 5.74) is 0. The predicted molar refractivity (Wildman–Crippen MR) is 54.3 cm³/mol. The van der Waals surface area contributed by atoms with Crippen LogP contribution in [0.15, 0.2) is 18.3 Å². The number of sulfonamides is 1. The summed E-state index contributed by atoms with van der Waals surface area (Å²) in [4.78, 5) is 13.9. The molecule has 0 atom stereocenters. The number of carboxylic acids is 1. The molecule has 1 aromatic rings. The Balaban J connectivity index is 2.82. The number of halogens is 1. The first kappa shape index (κ1) is 11.7. The summed E-state index contributed by atoms with van der Waals surface area (Å²) in [7, 11) is -3.92. The van der Waals surface area contributed by atoms with Crippen molar-refractivity contribution >= 4 is 33.4 Å². The van der Waals surface area contributed by atoms with E-state index in [0.29, 0.717) is 5.02 Å². The predicted octanol–water partition coefficient (Wildman–Crippen LogP) is 0.561. The van der Waals surface area contributed by atoms with Gasteiger partial charge in [0.1, 0.15) is 5.82 Å². The number of hydrogen-bond donors (Lipinski definition) is 2. The fraction of sp³-hybridized carbons (Fsp3) is 0.143. The summed E-state index contributed by atoms with van der Waals surface area (Å²) < 4.78 is 24.3. The third-order valence-electron chi connectivity index (χ3n) is 1.30. The molecule has 82 valence electrons. The maximum absolute atomic E-state index is 11.1. The molecule has 1 aromatic heterocycles. The van der Waals surface area contributed by atoms with E-state index in [-0.39, 0.29) is 5.82 Å². The molecular formula is C7H7ClN2O4S. The highest BCUT2D eigenvalue weighted by molar-refractivity contribution is 7.93. The summed E-state index contributed by atoms with van der Waals surface area (Å²) in [6.45, 7) is 0. The molecule has 0 saturated carbocycles. The molecule has 0 aliphatic heterocycles. The van der Waals surface area contributed by atoms with Gasteiger partial charge < -0.3 is 5.11 Å². The monoisotopic (exact) mass is 250 g/mol. The largest absolute Gasteiger partial charge is 0.480 e. The Hall–Kier alpha value is -1.34. The minimum absolute atomic E-state index is 0.0104. The smallest absolute Gasteiger partial charge is 0.320 e. The van der Waals surface area contributed by atoms with Crippen LogP contribution in [-0.4, -0.2) is 30.2 Å². The first-order valence-electron chi connectivity index (χ1n) is 3.73. The van der Waals surface area contributed by atoms with E-state index in [9.17, 15) is 13.2 Å². The van der Waals surface area contributed by atoms with Crippen molar-refractivity contribution in [3.05, 3.63) is 23.4 Å². The van der Waals surface area contributed by atoms with Crippen LogP contribution in [-0.2, 0) is 14.8 Å². The van der Waals surface area contributed by atoms with Crippen molar-refractivity contribution < 1.29 is 18.3 Å². The number of hydrogen-bond acceptors (Lipinski definition) is 4. The quantitative estimate of drug-likeness (QED) is 0.814. The third kappa shape index (κ3) is 4.13. The van der Waals surface area contributed by atoms with Gasteiger partial charge in [-0.1, -0.05) is 11.6 Å². The molecule has 1 heterocycles. The Labute approximate surface area is 91.0 Å². The second-order valence-electron chi connectivity index (χ2n) is 2.61. The van der Waals surface area contributed by atoms with Gasteiger partial charge in [0.05, 0.1) is 0 Å². The van der Waals surface area contributed by atoms with Gasteiger partial charge in [0, 0.05) is 17.3 Å². The second kappa shape index (κ2) is 4.45. The van der Waals surface area contributed by atoms with Crippen LogP contribution in [0.3, 0.4) is 0 Å². The van der Waals surface area contributed by atoms with Crippen molar-refractivity contribution in [2.45, 2.75) is 0 Å². The van der Waals surface area contributed by atoms with Gasteiger partial charge in [0.15, 0.2) is 5.75 Å². The van der Waals surface area contributed by atoms with Crippen LogP contribution in [0.4, 0.5) is 5.82 Å². The Bertz CT molecular complexity index is 474. The first-order chi connectivity index (χ1) is 6.89. The SMILES string of the molecule is O=C(O)CS(=O)(=O)Nc1cc(Cl)ccn1. The number of pyridine rings is 1. The summed E-state index contributed by atoms with van der Waals surface area (Å²) in [5.74, 6) is -2.46. The van der Waals surface area contributed by atoms with Crippen LogP contribution in [0.5, 0.6) is 0 Å². The molecule has 0 spiro atoms. The summed E-state index contributed by atoms with van der Waals surface area (Å²) in [5, 5.41) is 8.62. The molecule has 2 N–H and O–H groups in total. The molecule has 8 heteroatoms. The molecule has 0 amide bonds. The number of carboxylic acid groups (broad SMARTS) is 1. The van der Waals surface area contributed by atoms with Gasteiger partial charge in [-0.3, -0.25) is 9.52 Å². The molecule has 0 aliphatic rings. The van der Waals surface area contributed by atoms with Gasteiger partial charge in [-0.25, -0.2) is 13.4 Å². The molecule has 1 rings (SSSR count). The van der Waals surface area contributed by atoms with Crippen molar-refractivity contribution in [1.29, 1.82) is 0 Å². The average molecular weight is 251 g/mol. The Morgan fingerprint density at radius 3 is 2.80 bits per heavy atom. The Morgan fingerprint density at radius 1 is 1.60 bits per heavy atom. The number of anilines is 1. The van der Waals surface area contributed by atoms with Crippen LogP contribution in [0.1, 0.15) is 0 Å². The number of rotatable bonds is 4. The summed E-state index contributed by atoms with van der Waals surface area (Å²) >= 11 is 5.59. The Kier molecular flexibility index (Phi) is 3.48. The topological polar surface area (TPSA) is 96.4 Å². The van der Waals surface area contributed by atoms with Gasteiger partial charge in [-0.15, -0.1) is 0 Å². The number of carbonyl (C=O) groups is 1. The molecule has 0 bridgehead atoms. The zero-order valence-corrected chi connectivity index (χ0v) is 8.92. The molecule has 0 unspecified atom stereocenters. The van der Waals surface area contributed by atoms with E-state index >= 15 is 0 Å². The van der Waals surface area contributed by atoms with E-state index in [4.69, 9.17) is 16.7 Å². The van der Waals surface area contributed by atoms with Crippen molar-refractivity contribution in [3.63, 3.8) is 0 Å². The van der Waals surface area contributed by atoms with E-state index in [1.165, 1.54) is 18.3 Å². The summed E-state index contributed by atoms with van der Waals surface area (Å²) in [6.07, 6.45) is 1.31. The van der Waals surface area contributed by atoms with Crippen molar-refractivity contribution in [2.75, 3.05) is 10.5 Å². The van der Waals surface area contributed by atoms with Gasteiger partial charge in [0.2, 0.25) is 10.0 Å². The van der Waals surface area contributed by atoms with Gasteiger partial charge in [-0.05, 0) is 6.07 Å². The van der Waals surface area contributed by atoms with E-state index in [0.717, 1.165) is 0 Å². The highest BCUT2D eigenvalue weighted by Gasteiger charge is 2.15. The van der Waals surface area contributed by atoms with Gasteiger partial charge in [-0.2, -0.15) is 0 Å². The third-order valence-corrected chi connectivity index (χ3v) is 2.68.